The van der Waals surface area contributed by atoms with Crippen molar-refractivity contribution in [3.8, 4) is 0 Å². The Balaban J connectivity index is 2.11. The number of benzene rings is 2. The number of amides is 2. The molecule has 0 aliphatic rings. The molecule has 2 aromatic carbocycles. The van der Waals surface area contributed by atoms with Crippen molar-refractivity contribution in [2.75, 3.05) is 23.9 Å². The van der Waals surface area contributed by atoms with E-state index >= 15 is 4.39 Å². The number of hydrogen-bond donors (Lipinski definition) is 0. The number of carbonyl (C=O) groups is 2. The number of likely N-dealkylation sites (N-methyl/N-ethyl adjacent to an activating group) is 1. The van der Waals surface area contributed by atoms with Crippen molar-refractivity contribution in [3.63, 3.8) is 0 Å². The summed E-state index contributed by atoms with van der Waals surface area (Å²) in [5.41, 5.74) is -0.563. The van der Waals surface area contributed by atoms with Gasteiger partial charge in [0.2, 0.25) is 12.3 Å². The van der Waals surface area contributed by atoms with Gasteiger partial charge < -0.3 is 9.80 Å². The maximum atomic E-state index is 15.6. The van der Waals surface area contributed by atoms with E-state index in [0.29, 0.717) is 22.1 Å². The van der Waals surface area contributed by atoms with Gasteiger partial charge in [-0.1, -0.05) is 40.5 Å². The monoisotopic (exact) mass is 505 g/mol. The average Bonchev–Trinajstić information content (AvgIpc) is 3.22. The smallest absolute Gasteiger partial charge is 0.239 e. The molecule has 180 valence electrons. The van der Waals surface area contributed by atoms with E-state index in [0.717, 1.165) is 5.56 Å². The van der Waals surface area contributed by atoms with Gasteiger partial charge in [-0.2, -0.15) is 0 Å². The maximum Gasteiger partial charge on any atom is 0.239 e. The summed E-state index contributed by atoms with van der Waals surface area (Å²) >= 11 is 12.0. The fourth-order valence-corrected chi connectivity index (χ4v) is 4.00. The molecule has 1 heterocycles. The maximum absolute atomic E-state index is 15.6. The second kappa shape index (κ2) is 10.1. The fraction of sp³-hybridized carbons (Fsp3) is 0.333. The molecule has 1 aromatic heterocycles. The Bertz CT molecular complexity index is 1160. The summed E-state index contributed by atoms with van der Waals surface area (Å²) in [4.78, 5) is 27.9. The van der Waals surface area contributed by atoms with Crippen LogP contribution in [0.1, 0.15) is 44.0 Å². The van der Waals surface area contributed by atoms with Crippen molar-refractivity contribution < 1.29 is 14.0 Å². The Hall–Kier alpha value is -2.97. The zero-order valence-electron chi connectivity index (χ0n) is 19.5. The predicted molar refractivity (Wildman–Crippen MR) is 133 cm³/mol. The third kappa shape index (κ3) is 5.23. The van der Waals surface area contributed by atoms with Crippen LogP contribution < -0.4 is 9.80 Å². The molecule has 2 amide bonds. The summed E-state index contributed by atoms with van der Waals surface area (Å²) in [5, 5.41) is 9.52. The molecule has 0 spiro atoms. The molecule has 34 heavy (non-hydrogen) atoms. The third-order valence-electron chi connectivity index (χ3n) is 5.66. The summed E-state index contributed by atoms with van der Waals surface area (Å²) in [6.07, 6.45) is 0.572. The van der Waals surface area contributed by atoms with Crippen molar-refractivity contribution in [2.45, 2.75) is 38.4 Å². The van der Waals surface area contributed by atoms with Gasteiger partial charge in [0.15, 0.2) is 5.82 Å². The number of anilines is 2. The summed E-state index contributed by atoms with van der Waals surface area (Å²) in [7, 11) is 3.06. The van der Waals surface area contributed by atoms with Crippen molar-refractivity contribution in [1.29, 1.82) is 0 Å². The molecule has 0 unspecified atom stereocenters. The molecule has 10 heteroatoms. The van der Waals surface area contributed by atoms with Gasteiger partial charge in [0.25, 0.3) is 0 Å². The van der Waals surface area contributed by atoms with Crippen LogP contribution in [0.15, 0.2) is 48.5 Å². The third-order valence-corrected chi connectivity index (χ3v) is 6.16. The largest absolute Gasteiger partial charge is 0.315 e. The van der Waals surface area contributed by atoms with E-state index in [1.807, 2.05) is 19.1 Å². The first-order valence-electron chi connectivity index (χ1n) is 10.6. The number of carbonyl (C=O) groups excluding carboxylic acids is 2. The molecule has 0 aliphatic carbocycles. The van der Waals surface area contributed by atoms with Gasteiger partial charge in [-0.3, -0.25) is 9.59 Å². The zero-order chi connectivity index (χ0) is 25.2. The highest BCUT2D eigenvalue weighted by Gasteiger charge is 2.44. The highest BCUT2D eigenvalue weighted by atomic mass is 35.5. The van der Waals surface area contributed by atoms with Gasteiger partial charge >= 0.3 is 0 Å². The first kappa shape index (κ1) is 25.6. The Kier molecular flexibility index (Phi) is 7.63. The lowest BCUT2D eigenvalue weighted by Crippen LogP contribution is -2.41. The Morgan fingerprint density at radius 2 is 1.59 bits per heavy atom. The fourth-order valence-electron chi connectivity index (χ4n) is 3.74. The molecular formula is C24H26Cl2FN5O2. The van der Waals surface area contributed by atoms with Crippen molar-refractivity contribution in [2.24, 2.45) is 0 Å². The van der Waals surface area contributed by atoms with Crippen molar-refractivity contribution in [3.05, 3.63) is 69.8 Å². The molecular weight excluding hydrogens is 480 g/mol. The molecule has 2 atom stereocenters. The molecule has 0 radical (unpaired) electrons. The van der Waals surface area contributed by atoms with Gasteiger partial charge in [-0.15, -0.1) is 5.10 Å². The Morgan fingerprint density at radius 3 is 2.09 bits per heavy atom. The first-order valence-corrected chi connectivity index (χ1v) is 11.3. The lowest BCUT2D eigenvalue weighted by atomic mass is 9.87. The highest BCUT2D eigenvalue weighted by Crippen LogP contribution is 2.39. The van der Waals surface area contributed by atoms with Crippen LogP contribution in [-0.4, -0.2) is 47.1 Å². The normalized spacial score (nSPS) is 13.3. The molecule has 0 fully saturated rings. The van der Waals surface area contributed by atoms with E-state index in [1.54, 1.807) is 43.4 Å². The van der Waals surface area contributed by atoms with Crippen LogP contribution in [0, 0.1) is 0 Å². The number of halogens is 3. The molecule has 0 saturated heterocycles. The Labute approximate surface area is 208 Å². The number of aromatic nitrogens is 3. The molecule has 3 aromatic rings. The second-order valence-corrected chi connectivity index (χ2v) is 9.43. The summed E-state index contributed by atoms with van der Waals surface area (Å²) in [6.45, 7) is 4.47. The quantitative estimate of drug-likeness (QED) is 0.390. The van der Waals surface area contributed by atoms with Gasteiger partial charge in [-0.25, -0.2) is 9.07 Å². The first-order chi connectivity index (χ1) is 16.0. The predicted octanol–water partition coefficient (Wildman–Crippen LogP) is 5.28. The topological polar surface area (TPSA) is 71.3 Å². The van der Waals surface area contributed by atoms with E-state index in [2.05, 4.69) is 10.3 Å². The van der Waals surface area contributed by atoms with Crippen LogP contribution in [0.3, 0.4) is 0 Å². The standard InChI is InChI=1S/C24H26Cl2FN5O2/c1-15(16-6-8-17(25)9-7-16)32-22(30(4)14-33)21(28-29-32)20(24(2,3)27)23(34)31(5)19-12-10-18(26)11-13-19/h6-15,20H,1-5H3/t15-,20-/m0/s1. The molecule has 0 bridgehead atoms. The Morgan fingerprint density at radius 1 is 1.06 bits per heavy atom. The van der Waals surface area contributed by atoms with E-state index < -0.39 is 17.5 Å². The average molecular weight is 506 g/mol. The van der Waals surface area contributed by atoms with Crippen LogP contribution in [0.5, 0.6) is 0 Å². The molecule has 7 nitrogen and oxygen atoms in total. The molecule has 0 aliphatic heterocycles. The highest BCUT2D eigenvalue weighted by molar-refractivity contribution is 6.30. The minimum atomic E-state index is -2.01. The van der Waals surface area contributed by atoms with Gasteiger partial charge in [-0.05, 0) is 62.7 Å². The van der Waals surface area contributed by atoms with Gasteiger partial charge in [0.1, 0.15) is 17.3 Å². The van der Waals surface area contributed by atoms with E-state index in [-0.39, 0.29) is 17.6 Å². The van der Waals surface area contributed by atoms with Gasteiger partial charge in [0.05, 0.1) is 6.04 Å². The zero-order valence-corrected chi connectivity index (χ0v) is 21.0. The summed E-state index contributed by atoms with van der Waals surface area (Å²) in [6, 6.07) is 13.4. The summed E-state index contributed by atoms with van der Waals surface area (Å²) < 4.78 is 17.1. The van der Waals surface area contributed by atoms with Crippen molar-refractivity contribution in [1.82, 2.24) is 15.0 Å². The van der Waals surface area contributed by atoms with Crippen LogP contribution in [0.25, 0.3) is 0 Å². The second-order valence-electron chi connectivity index (χ2n) is 8.56. The lowest BCUT2D eigenvalue weighted by molar-refractivity contribution is -0.122. The number of alkyl halides is 1. The molecule has 0 N–H and O–H groups in total. The minimum Gasteiger partial charge on any atom is -0.315 e. The SMILES string of the molecule is C[C@@H](c1ccc(Cl)cc1)n1nnc([C@@H](C(=O)N(C)c2ccc(Cl)cc2)C(C)(C)F)c1N(C)C=O. The van der Waals surface area contributed by atoms with E-state index in [4.69, 9.17) is 23.2 Å². The van der Waals surface area contributed by atoms with Crippen LogP contribution >= 0.6 is 23.2 Å². The summed E-state index contributed by atoms with van der Waals surface area (Å²) in [5.74, 6) is -1.65. The number of nitrogens with zero attached hydrogens (tertiary/aromatic N) is 5. The van der Waals surface area contributed by atoms with Crippen LogP contribution in [0.2, 0.25) is 10.0 Å². The van der Waals surface area contributed by atoms with E-state index in [1.165, 1.54) is 35.4 Å². The molecule has 0 saturated carbocycles. The number of rotatable bonds is 8. The lowest BCUT2D eigenvalue weighted by Gasteiger charge is -2.30. The van der Waals surface area contributed by atoms with E-state index in [9.17, 15) is 9.59 Å². The molecule has 3 rings (SSSR count). The van der Waals surface area contributed by atoms with Crippen molar-refractivity contribution >= 4 is 47.0 Å². The number of hydrogen-bond acceptors (Lipinski definition) is 4. The van der Waals surface area contributed by atoms with Gasteiger partial charge in [0, 0.05) is 29.8 Å². The van der Waals surface area contributed by atoms with Crippen LogP contribution in [-0.2, 0) is 9.59 Å². The minimum absolute atomic E-state index is 0.0636. The van der Waals surface area contributed by atoms with Crippen LogP contribution in [0.4, 0.5) is 15.9 Å².